The third-order valence-electron chi connectivity index (χ3n) is 5.40. The molecule has 0 spiro atoms. The molecule has 1 fully saturated rings. The molecule has 0 atom stereocenters. The van der Waals surface area contributed by atoms with Crippen LogP contribution < -0.4 is 5.32 Å². The maximum absolute atomic E-state index is 12.4. The average molecular weight is 406 g/mol. The molecule has 0 saturated heterocycles. The van der Waals surface area contributed by atoms with Crippen LogP contribution in [-0.2, 0) is 4.43 Å². The molecule has 148 valence electrons. The molecular weight excluding hydrogens is 375 g/mol. The van der Waals surface area contributed by atoms with Gasteiger partial charge in [-0.15, -0.1) is 0 Å². The van der Waals surface area contributed by atoms with Crippen LogP contribution in [0.25, 0.3) is 0 Å². The lowest BCUT2D eigenvalue weighted by Gasteiger charge is -2.41. The Labute approximate surface area is 160 Å². The van der Waals surface area contributed by atoms with Crippen molar-refractivity contribution in [3.63, 3.8) is 0 Å². The standard InChI is InChI=1S/C19H30F3NOSSi/c1-18(2,3)26(4,5)24-16-10-6-14(7-11-16)23-15-8-12-17(13-9-15)25-19(20,21)22/h8-9,12-14,16,23H,6-7,10-11H2,1-5H3. The number of anilines is 1. The summed E-state index contributed by atoms with van der Waals surface area (Å²) in [7, 11) is -1.73. The van der Waals surface area contributed by atoms with Gasteiger partial charge in [0.05, 0.1) is 0 Å². The van der Waals surface area contributed by atoms with E-state index in [1.165, 1.54) is 12.1 Å². The van der Waals surface area contributed by atoms with E-state index in [0.717, 1.165) is 31.4 Å². The van der Waals surface area contributed by atoms with Crippen LogP contribution in [-0.4, -0.2) is 26.0 Å². The molecule has 26 heavy (non-hydrogen) atoms. The number of halogens is 3. The van der Waals surface area contributed by atoms with Crippen molar-refractivity contribution in [3.05, 3.63) is 24.3 Å². The van der Waals surface area contributed by atoms with Crippen LogP contribution >= 0.6 is 11.8 Å². The van der Waals surface area contributed by atoms with Crippen molar-refractivity contribution < 1.29 is 17.6 Å². The van der Waals surface area contributed by atoms with Crippen molar-refractivity contribution in [1.82, 2.24) is 0 Å². The normalized spacial score (nSPS) is 22.3. The molecule has 2 nitrogen and oxygen atoms in total. The van der Waals surface area contributed by atoms with Gasteiger partial charge in [-0.25, -0.2) is 0 Å². The molecule has 1 aromatic rings. The smallest absolute Gasteiger partial charge is 0.414 e. The Hall–Kier alpha value is -0.663. The first-order chi connectivity index (χ1) is 11.9. The van der Waals surface area contributed by atoms with E-state index in [4.69, 9.17) is 4.43 Å². The lowest BCUT2D eigenvalue weighted by atomic mass is 9.93. The molecule has 0 unspecified atom stereocenters. The van der Waals surface area contributed by atoms with Gasteiger partial charge in [-0.3, -0.25) is 0 Å². The molecule has 1 N–H and O–H groups in total. The topological polar surface area (TPSA) is 21.3 Å². The van der Waals surface area contributed by atoms with E-state index < -0.39 is 13.8 Å². The van der Waals surface area contributed by atoms with E-state index >= 15 is 0 Å². The zero-order valence-corrected chi connectivity index (χ0v) is 18.1. The molecule has 1 saturated carbocycles. The van der Waals surface area contributed by atoms with Crippen LogP contribution in [0.2, 0.25) is 18.1 Å². The molecule has 0 amide bonds. The quantitative estimate of drug-likeness (QED) is 0.419. The number of thioether (sulfide) groups is 1. The van der Waals surface area contributed by atoms with Gasteiger partial charge >= 0.3 is 5.51 Å². The van der Waals surface area contributed by atoms with E-state index in [9.17, 15) is 13.2 Å². The molecule has 0 aromatic heterocycles. The summed E-state index contributed by atoms with van der Waals surface area (Å²) in [6, 6.07) is 6.85. The van der Waals surface area contributed by atoms with E-state index in [0.29, 0.717) is 12.1 Å². The Kier molecular flexibility index (Phi) is 6.78. The van der Waals surface area contributed by atoms with Crippen molar-refractivity contribution >= 4 is 25.8 Å². The van der Waals surface area contributed by atoms with Gasteiger partial charge in [0.15, 0.2) is 8.32 Å². The van der Waals surface area contributed by atoms with E-state index in [1.54, 1.807) is 12.1 Å². The number of alkyl halides is 3. The third kappa shape index (κ3) is 6.50. The first kappa shape index (κ1) is 21.6. The number of hydrogen-bond donors (Lipinski definition) is 1. The molecule has 0 heterocycles. The maximum Gasteiger partial charge on any atom is 0.446 e. The highest BCUT2D eigenvalue weighted by Crippen LogP contribution is 2.40. The van der Waals surface area contributed by atoms with Gasteiger partial charge in [0.2, 0.25) is 0 Å². The van der Waals surface area contributed by atoms with E-state index in [2.05, 4.69) is 39.2 Å². The van der Waals surface area contributed by atoms with Gasteiger partial charge in [0.1, 0.15) is 0 Å². The van der Waals surface area contributed by atoms with Crippen LogP contribution in [0.4, 0.5) is 18.9 Å². The molecule has 0 aliphatic heterocycles. The second kappa shape index (κ2) is 8.15. The Morgan fingerprint density at radius 1 is 1.00 bits per heavy atom. The van der Waals surface area contributed by atoms with Crippen LogP contribution in [0.5, 0.6) is 0 Å². The monoisotopic (exact) mass is 405 g/mol. The highest BCUT2D eigenvalue weighted by Gasteiger charge is 2.39. The van der Waals surface area contributed by atoms with Gasteiger partial charge in [-0.2, -0.15) is 13.2 Å². The predicted molar refractivity (Wildman–Crippen MR) is 106 cm³/mol. The summed E-state index contributed by atoms with van der Waals surface area (Å²) in [5.41, 5.74) is -3.36. The van der Waals surface area contributed by atoms with Gasteiger partial charge in [0, 0.05) is 22.7 Å². The van der Waals surface area contributed by atoms with Crippen LogP contribution in [0, 0.1) is 0 Å². The van der Waals surface area contributed by atoms with Gasteiger partial charge in [-0.1, -0.05) is 20.8 Å². The largest absolute Gasteiger partial charge is 0.446 e. The zero-order valence-electron chi connectivity index (χ0n) is 16.2. The molecule has 1 aliphatic carbocycles. The van der Waals surface area contributed by atoms with Gasteiger partial charge < -0.3 is 9.74 Å². The number of hydrogen-bond acceptors (Lipinski definition) is 3. The Bertz CT molecular complexity index is 576. The molecule has 2 rings (SSSR count). The summed E-state index contributed by atoms with van der Waals surface area (Å²) in [4.78, 5) is 0.217. The zero-order chi connectivity index (χ0) is 19.6. The highest BCUT2D eigenvalue weighted by atomic mass is 32.2. The number of benzene rings is 1. The highest BCUT2D eigenvalue weighted by molar-refractivity contribution is 8.00. The second-order valence-corrected chi connectivity index (χ2v) is 14.5. The summed E-state index contributed by atoms with van der Waals surface area (Å²) < 4.78 is 43.6. The van der Waals surface area contributed by atoms with Crippen LogP contribution in [0.1, 0.15) is 46.5 Å². The molecule has 0 radical (unpaired) electrons. The Morgan fingerprint density at radius 3 is 2.00 bits per heavy atom. The van der Waals surface area contributed by atoms with Crippen molar-refractivity contribution in [1.29, 1.82) is 0 Å². The summed E-state index contributed by atoms with van der Waals surface area (Å²) in [5, 5.41) is 3.67. The van der Waals surface area contributed by atoms with Crippen molar-refractivity contribution in [2.75, 3.05) is 5.32 Å². The minimum atomic E-state index is -4.24. The fourth-order valence-electron chi connectivity index (χ4n) is 2.91. The summed E-state index contributed by atoms with van der Waals surface area (Å²) >= 11 is -0.0775. The van der Waals surface area contributed by atoms with Crippen molar-refractivity contribution in [2.24, 2.45) is 0 Å². The van der Waals surface area contributed by atoms with Crippen LogP contribution in [0.15, 0.2) is 29.2 Å². The molecular formula is C19H30F3NOSSi. The van der Waals surface area contributed by atoms with Crippen molar-refractivity contribution in [2.45, 2.75) is 87.1 Å². The first-order valence-electron chi connectivity index (χ1n) is 9.16. The lowest BCUT2D eigenvalue weighted by Crippen LogP contribution is -2.45. The Balaban J connectivity index is 1.82. The summed E-state index contributed by atoms with van der Waals surface area (Å²) in [6.45, 7) is 11.4. The molecule has 7 heteroatoms. The predicted octanol–water partition coefficient (Wildman–Crippen LogP) is 7.04. The maximum atomic E-state index is 12.4. The fraction of sp³-hybridized carbons (Fsp3) is 0.684. The lowest BCUT2D eigenvalue weighted by molar-refractivity contribution is -0.0328. The van der Waals surface area contributed by atoms with Gasteiger partial charge in [0.25, 0.3) is 0 Å². The summed E-state index contributed by atoms with van der Waals surface area (Å²) in [6.07, 6.45) is 4.45. The number of rotatable bonds is 5. The average Bonchev–Trinajstić information content (AvgIpc) is 2.48. The third-order valence-corrected chi connectivity index (χ3v) is 10.7. The van der Waals surface area contributed by atoms with Crippen LogP contribution in [0.3, 0.4) is 0 Å². The minimum Gasteiger partial charge on any atom is -0.414 e. The molecule has 0 bridgehead atoms. The van der Waals surface area contributed by atoms with E-state index in [-0.39, 0.29) is 21.7 Å². The number of nitrogens with one attached hydrogen (secondary N) is 1. The minimum absolute atomic E-state index is 0.0775. The van der Waals surface area contributed by atoms with Crippen molar-refractivity contribution in [3.8, 4) is 0 Å². The van der Waals surface area contributed by atoms with Gasteiger partial charge in [-0.05, 0) is 79.8 Å². The fourth-order valence-corrected chi connectivity index (χ4v) is 4.87. The summed E-state index contributed by atoms with van der Waals surface area (Å²) in [5.74, 6) is 0. The first-order valence-corrected chi connectivity index (χ1v) is 12.9. The SMILES string of the molecule is CC(C)(C)[Si](C)(C)OC1CCC(Nc2ccc(SC(F)(F)F)cc2)CC1. The van der Waals surface area contributed by atoms with E-state index in [1.807, 2.05) is 0 Å². The molecule has 1 aromatic carbocycles. The second-order valence-electron chi connectivity index (χ2n) is 8.57. The Morgan fingerprint density at radius 2 is 1.54 bits per heavy atom. The molecule has 1 aliphatic rings.